The van der Waals surface area contributed by atoms with Crippen molar-refractivity contribution in [3.63, 3.8) is 0 Å². The van der Waals surface area contributed by atoms with E-state index in [1.165, 1.54) is 29.5 Å². The van der Waals surface area contributed by atoms with Crippen molar-refractivity contribution >= 4 is 5.97 Å². The third-order valence-corrected chi connectivity index (χ3v) is 4.00. The van der Waals surface area contributed by atoms with E-state index in [4.69, 9.17) is 5.11 Å². The van der Waals surface area contributed by atoms with E-state index in [1.54, 1.807) is 0 Å². The molecule has 0 bridgehead atoms. The molecule has 0 spiro atoms. The summed E-state index contributed by atoms with van der Waals surface area (Å²) in [6, 6.07) is 6.35. The van der Waals surface area contributed by atoms with E-state index in [2.05, 4.69) is 23.5 Å². The van der Waals surface area contributed by atoms with Gasteiger partial charge in [-0.05, 0) is 48.8 Å². The number of rotatable bonds is 2. The summed E-state index contributed by atoms with van der Waals surface area (Å²) in [6.45, 7) is 0. The molecular formula is C14H17NO2. The quantitative estimate of drug-likeness (QED) is 0.819. The highest BCUT2D eigenvalue weighted by Gasteiger charge is 2.31. The van der Waals surface area contributed by atoms with Gasteiger partial charge in [0, 0.05) is 6.04 Å². The Balaban J connectivity index is 1.86. The summed E-state index contributed by atoms with van der Waals surface area (Å²) >= 11 is 0. The largest absolute Gasteiger partial charge is 0.480 e. The number of aliphatic carboxylic acids is 1. The molecule has 90 valence electrons. The summed E-state index contributed by atoms with van der Waals surface area (Å²) in [5.74, 6) is -0.722. The molecule has 2 aliphatic rings. The molecule has 1 aromatic rings. The van der Waals surface area contributed by atoms with Crippen molar-refractivity contribution in [1.29, 1.82) is 0 Å². The molecule has 3 heteroatoms. The molecule has 1 aliphatic carbocycles. The van der Waals surface area contributed by atoms with Crippen LogP contribution in [0.5, 0.6) is 0 Å². The number of carboxylic acids is 1. The van der Waals surface area contributed by atoms with Crippen LogP contribution in [0, 0.1) is 0 Å². The highest BCUT2D eigenvalue weighted by molar-refractivity contribution is 5.74. The number of hydrogen-bond acceptors (Lipinski definition) is 2. The first-order valence-corrected chi connectivity index (χ1v) is 6.35. The van der Waals surface area contributed by atoms with Crippen LogP contribution in [0.15, 0.2) is 18.2 Å². The van der Waals surface area contributed by atoms with Gasteiger partial charge < -0.3 is 5.11 Å². The van der Waals surface area contributed by atoms with Crippen molar-refractivity contribution in [2.75, 3.05) is 0 Å². The molecule has 17 heavy (non-hydrogen) atoms. The molecule has 2 N–H and O–H groups in total. The van der Waals surface area contributed by atoms with E-state index in [1.807, 2.05) is 0 Å². The van der Waals surface area contributed by atoms with Gasteiger partial charge in [-0.25, -0.2) is 0 Å². The summed E-state index contributed by atoms with van der Waals surface area (Å²) in [5.41, 5.74) is 4.27. The summed E-state index contributed by atoms with van der Waals surface area (Å²) in [4.78, 5) is 10.9. The molecule has 1 aromatic carbocycles. The minimum atomic E-state index is -0.722. The van der Waals surface area contributed by atoms with E-state index >= 15 is 0 Å². The van der Waals surface area contributed by atoms with Crippen molar-refractivity contribution in [1.82, 2.24) is 5.32 Å². The molecule has 1 fully saturated rings. The first-order valence-electron chi connectivity index (χ1n) is 6.35. The lowest BCUT2D eigenvalue weighted by molar-refractivity contribution is -0.139. The fraction of sp³-hybridized carbons (Fsp3) is 0.500. The van der Waals surface area contributed by atoms with Crippen molar-refractivity contribution in [2.45, 2.75) is 44.2 Å². The standard InChI is InChI=1S/C14H17NO2/c16-14(17)13-8-7-12(15-13)11-6-2-4-9-3-1-5-10(9)11/h2,4,6,12-13,15H,1,3,5,7-8H2,(H,16,17)/t12-,13-/m1/s1. The number of nitrogens with one attached hydrogen (secondary N) is 1. The van der Waals surface area contributed by atoms with Crippen LogP contribution in [0.2, 0.25) is 0 Å². The van der Waals surface area contributed by atoms with E-state index in [-0.39, 0.29) is 12.1 Å². The van der Waals surface area contributed by atoms with Gasteiger partial charge in [0.15, 0.2) is 0 Å². The Labute approximate surface area is 101 Å². The van der Waals surface area contributed by atoms with E-state index in [9.17, 15) is 4.79 Å². The van der Waals surface area contributed by atoms with Gasteiger partial charge in [0.05, 0.1) is 0 Å². The number of hydrogen-bond donors (Lipinski definition) is 2. The molecule has 0 unspecified atom stereocenters. The number of fused-ring (bicyclic) bond motifs is 1. The molecular weight excluding hydrogens is 214 g/mol. The lowest BCUT2D eigenvalue weighted by atomic mass is 9.96. The Kier molecular flexibility index (Phi) is 2.63. The van der Waals surface area contributed by atoms with Gasteiger partial charge >= 0.3 is 5.97 Å². The molecule has 1 heterocycles. The Morgan fingerprint density at radius 1 is 1.29 bits per heavy atom. The maximum atomic E-state index is 10.9. The molecule has 1 aliphatic heterocycles. The Bertz CT molecular complexity index is 456. The molecule has 3 rings (SSSR count). The summed E-state index contributed by atoms with van der Waals surface area (Å²) < 4.78 is 0. The zero-order valence-electron chi connectivity index (χ0n) is 9.78. The van der Waals surface area contributed by atoms with E-state index in [0.29, 0.717) is 0 Å². The highest BCUT2D eigenvalue weighted by Crippen LogP contribution is 2.34. The number of carboxylic acid groups (broad SMARTS) is 1. The Hall–Kier alpha value is -1.35. The summed E-state index contributed by atoms with van der Waals surface area (Å²) in [7, 11) is 0. The topological polar surface area (TPSA) is 49.3 Å². The zero-order valence-corrected chi connectivity index (χ0v) is 9.78. The monoisotopic (exact) mass is 231 g/mol. The third-order valence-electron chi connectivity index (χ3n) is 4.00. The van der Waals surface area contributed by atoms with Crippen LogP contribution < -0.4 is 5.32 Å². The van der Waals surface area contributed by atoms with Crippen LogP contribution in [-0.2, 0) is 17.6 Å². The van der Waals surface area contributed by atoms with Gasteiger partial charge in [-0.2, -0.15) is 0 Å². The average molecular weight is 231 g/mol. The van der Waals surface area contributed by atoms with Crippen LogP contribution in [-0.4, -0.2) is 17.1 Å². The van der Waals surface area contributed by atoms with Crippen molar-refractivity contribution in [3.05, 3.63) is 34.9 Å². The average Bonchev–Trinajstić information content (AvgIpc) is 2.97. The van der Waals surface area contributed by atoms with Crippen LogP contribution in [0.1, 0.15) is 42.0 Å². The van der Waals surface area contributed by atoms with Gasteiger partial charge in [-0.1, -0.05) is 18.2 Å². The maximum absolute atomic E-state index is 10.9. The van der Waals surface area contributed by atoms with Gasteiger partial charge in [-0.3, -0.25) is 10.1 Å². The summed E-state index contributed by atoms with van der Waals surface area (Å²) in [5, 5.41) is 12.2. The second-order valence-electron chi connectivity index (χ2n) is 5.03. The smallest absolute Gasteiger partial charge is 0.320 e. The van der Waals surface area contributed by atoms with Gasteiger partial charge in [0.2, 0.25) is 0 Å². The predicted molar refractivity (Wildman–Crippen MR) is 65.0 cm³/mol. The lowest BCUT2D eigenvalue weighted by Crippen LogP contribution is -2.32. The maximum Gasteiger partial charge on any atom is 0.320 e. The van der Waals surface area contributed by atoms with Crippen molar-refractivity contribution in [3.8, 4) is 0 Å². The zero-order chi connectivity index (χ0) is 11.8. The predicted octanol–water partition coefficient (Wildman–Crippen LogP) is 2.05. The molecule has 1 saturated heterocycles. The summed E-state index contributed by atoms with van der Waals surface area (Å²) in [6.07, 6.45) is 5.25. The van der Waals surface area contributed by atoms with Crippen LogP contribution in [0.4, 0.5) is 0 Å². The van der Waals surface area contributed by atoms with Crippen LogP contribution in [0.25, 0.3) is 0 Å². The van der Waals surface area contributed by atoms with Gasteiger partial charge in [0.25, 0.3) is 0 Å². The second-order valence-corrected chi connectivity index (χ2v) is 5.03. The SMILES string of the molecule is O=C(O)[C@H]1CC[C@H](c2cccc3c2CCC3)N1. The molecule has 0 aromatic heterocycles. The number of aryl methyl sites for hydroxylation is 1. The number of carbonyl (C=O) groups is 1. The lowest BCUT2D eigenvalue weighted by Gasteiger charge is -2.16. The van der Waals surface area contributed by atoms with E-state index in [0.717, 1.165) is 19.3 Å². The van der Waals surface area contributed by atoms with Crippen LogP contribution >= 0.6 is 0 Å². The molecule has 0 amide bonds. The first kappa shape index (κ1) is 10.8. The minimum Gasteiger partial charge on any atom is -0.480 e. The van der Waals surface area contributed by atoms with Crippen molar-refractivity contribution < 1.29 is 9.90 Å². The van der Waals surface area contributed by atoms with Crippen LogP contribution in [0.3, 0.4) is 0 Å². The molecule has 2 atom stereocenters. The third kappa shape index (κ3) is 1.84. The Morgan fingerprint density at radius 3 is 2.94 bits per heavy atom. The van der Waals surface area contributed by atoms with E-state index < -0.39 is 5.97 Å². The molecule has 3 nitrogen and oxygen atoms in total. The highest BCUT2D eigenvalue weighted by atomic mass is 16.4. The normalized spacial score (nSPS) is 27.1. The molecule has 0 radical (unpaired) electrons. The fourth-order valence-corrected chi connectivity index (χ4v) is 3.16. The van der Waals surface area contributed by atoms with Gasteiger partial charge in [0.1, 0.15) is 6.04 Å². The van der Waals surface area contributed by atoms with Crippen molar-refractivity contribution in [2.24, 2.45) is 0 Å². The van der Waals surface area contributed by atoms with Gasteiger partial charge in [-0.15, -0.1) is 0 Å². The second kappa shape index (κ2) is 4.15. The fourth-order valence-electron chi connectivity index (χ4n) is 3.16. The minimum absolute atomic E-state index is 0.240. The molecule has 0 saturated carbocycles. The Morgan fingerprint density at radius 2 is 2.18 bits per heavy atom. The first-order chi connectivity index (χ1) is 8.25. The number of benzene rings is 1.